The van der Waals surface area contributed by atoms with Gasteiger partial charge in [0.25, 0.3) is 0 Å². The second-order valence-electron chi connectivity index (χ2n) is 4.53. The van der Waals surface area contributed by atoms with E-state index in [4.69, 9.17) is 5.73 Å². The van der Waals surface area contributed by atoms with E-state index in [0.717, 1.165) is 18.7 Å². The molecule has 92 valence electrons. The first kappa shape index (κ1) is 12.5. The third-order valence-corrected chi connectivity index (χ3v) is 3.57. The summed E-state index contributed by atoms with van der Waals surface area (Å²) in [7, 11) is 0. The molecule has 0 spiro atoms. The van der Waals surface area contributed by atoms with Crippen molar-refractivity contribution < 1.29 is 0 Å². The molecule has 17 heavy (non-hydrogen) atoms. The lowest BCUT2D eigenvalue weighted by Gasteiger charge is -2.08. The summed E-state index contributed by atoms with van der Waals surface area (Å²) in [5.74, 6) is 1.15. The highest BCUT2D eigenvalue weighted by atomic mass is 32.2. The maximum absolute atomic E-state index is 5.89. The van der Waals surface area contributed by atoms with E-state index >= 15 is 0 Å². The lowest BCUT2D eigenvalue weighted by Crippen LogP contribution is -2.17. The largest absolute Gasteiger partial charge is 0.347 e. The Morgan fingerprint density at radius 2 is 2.18 bits per heavy atom. The van der Waals surface area contributed by atoms with Crippen molar-refractivity contribution >= 4 is 22.7 Å². The van der Waals surface area contributed by atoms with Crippen LogP contribution in [0.3, 0.4) is 0 Å². The predicted molar refractivity (Wildman–Crippen MR) is 77.7 cm³/mol. The molecule has 0 aliphatic carbocycles. The monoisotopic (exact) mass is 248 g/mol. The van der Waals surface area contributed by atoms with E-state index in [0.29, 0.717) is 0 Å². The highest BCUT2D eigenvalue weighted by Gasteiger charge is 2.06. The topological polar surface area (TPSA) is 30.9 Å². The first-order valence-electron chi connectivity index (χ1n) is 6.03. The summed E-state index contributed by atoms with van der Waals surface area (Å²) in [4.78, 5) is 0. The van der Waals surface area contributed by atoms with Gasteiger partial charge >= 0.3 is 0 Å². The molecular weight excluding hydrogens is 228 g/mol. The van der Waals surface area contributed by atoms with Gasteiger partial charge < -0.3 is 10.3 Å². The smallest absolute Gasteiger partial charge is 0.0483 e. The van der Waals surface area contributed by atoms with Gasteiger partial charge in [-0.25, -0.2) is 0 Å². The molecule has 0 saturated carbocycles. The molecule has 0 aliphatic heterocycles. The molecule has 3 heteroatoms. The normalized spacial score (nSPS) is 13.1. The van der Waals surface area contributed by atoms with Gasteiger partial charge in [0.2, 0.25) is 0 Å². The molecule has 2 N–H and O–H groups in total. The Morgan fingerprint density at radius 3 is 2.88 bits per heavy atom. The van der Waals surface area contributed by atoms with Gasteiger partial charge in [0.15, 0.2) is 0 Å². The van der Waals surface area contributed by atoms with E-state index in [9.17, 15) is 0 Å². The number of benzene rings is 1. The zero-order valence-corrected chi connectivity index (χ0v) is 11.3. The predicted octanol–water partition coefficient (Wildman–Crippen LogP) is 2.89. The fraction of sp³-hybridized carbons (Fsp3) is 0.429. The van der Waals surface area contributed by atoms with Crippen LogP contribution in [0.25, 0.3) is 10.9 Å². The maximum Gasteiger partial charge on any atom is 0.0483 e. The maximum atomic E-state index is 5.89. The summed E-state index contributed by atoms with van der Waals surface area (Å²) >= 11 is 1.88. The molecule has 2 nitrogen and oxygen atoms in total. The lowest BCUT2D eigenvalue weighted by molar-refractivity contribution is 0.741. The Hall–Kier alpha value is -0.930. The fourth-order valence-electron chi connectivity index (χ4n) is 2.20. The van der Waals surface area contributed by atoms with Crippen LogP contribution in [0.5, 0.6) is 0 Å². The van der Waals surface area contributed by atoms with E-state index in [-0.39, 0.29) is 6.04 Å². The molecule has 1 heterocycles. The molecule has 1 atom stereocenters. The van der Waals surface area contributed by atoms with Crippen LogP contribution in [-0.4, -0.2) is 22.6 Å². The van der Waals surface area contributed by atoms with Gasteiger partial charge in [0.1, 0.15) is 0 Å². The van der Waals surface area contributed by atoms with E-state index < -0.39 is 0 Å². The molecule has 0 aliphatic rings. The SMILES string of the molecule is CSCCn1ccc2c(CC(C)N)cccc21. The van der Waals surface area contributed by atoms with Crippen LogP contribution in [0.4, 0.5) is 0 Å². The zero-order chi connectivity index (χ0) is 12.3. The number of thioether (sulfide) groups is 1. The standard InChI is InChI=1S/C14H20N2S/c1-11(15)10-12-4-3-5-14-13(12)6-7-16(14)8-9-17-2/h3-7,11H,8-10,15H2,1-2H3. The van der Waals surface area contributed by atoms with Crippen molar-refractivity contribution in [1.29, 1.82) is 0 Å². The fourth-order valence-corrected chi connectivity index (χ4v) is 2.58. The summed E-state index contributed by atoms with van der Waals surface area (Å²) in [6.45, 7) is 3.13. The summed E-state index contributed by atoms with van der Waals surface area (Å²) in [6, 6.07) is 8.95. The average molecular weight is 248 g/mol. The van der Waals surface area contributed by atoms with Crippen molar-refractivity contribution in [3.63, 3.8) is 0 Å². The summed E-state index contributed by atoms with van der Waals surface area (Å²) in [5, 5.41) is 1.35. The molecule has 1 aromatic heterocycles. The number of nitrogens with two attached hydrogens (primary N) is 1. The second kappa shape index (κ2) is 5.61. The van der Waals surface area contributed by atoms with Crippen LogP contribution in [0.2, 0.25) is 0 Å². The van der Waals surface area contributed by atoms with Crippen molar-refractivity contribution in [2.75, 3.05) is 12.0 Å². The van der Waals surface area contributed by atoms with Crippen molar-refractivity contribution in [1.82, 2.24) is 4.57 Å². The molecule has 2 rings (SSSR count). The Morgan fingerprint density at radius 1 is 1.35 bits per heavy atom. The van der Waals surface area contributed by atoms with Gasteiger partial charge in [-0.05, 0) is 37.3 Å². The van der Waals surface area contributed by atoms with Crippen LogP contribution in [0.15, 0.2) is 30.5 Å². The number of hydrogen-bond acceptors (Lipinski definition) is 2. The van der Waals surface area contributed by atoms with Gasteiger partial charge in [0, 0.05) is 35.4 Å². The van der Waals surface area contributed by atoms with Gasteiger partial charge in [0.05, 0.1) is 0 Å². The summed E-state index contributed by atoms with van der Waals surface area (Å²) in [5.41, 5.74) is 8.58. The van der Waals surface area contributed by atoms with Crippen molar-refractivity contribution in [3.8, 4) is 0 Å². The van der Waals surface area contributed by atoms with E-state index in [1.807, 2.05) is 11.8 Å². The number of aryl methyl sites for hydroxylation is 1. The molecule has 1 unspecified atom stereocenters. The van der Waals surface area contributed by atoms with Crippen molar-refractivity contribution in [3.05, 3.63) is 36.0 Å². The van der Waals surface area contributed by atoms with E-state index in [1.165, 1.54) is 16.5 Å². The molecule has 2 aromatic rings. The van der Waals surface area contributed by atoms with E-state index in [1.54, 1.807) is 0 Å². The Labute approximate surface area is 107 Å². The lowest BCUT2D eigenvalue weighted by atomic mass is 10.0. The second-order valence-corrected chi connectivity index (χ2v) is 5.52. The number of fused-ring (bicyclic) bond motifs is 1. The molecular formula is C14H20N2S. The summed E-state index contributed by atoms with van der Waals surface area (Å²) in [6.07, 6.45) is 5.28. The van der Waals surface area contributed by atoms with Crippen LogP contribution in [-0.2, 0) is 13.0 Å². The molecule has 1 aromatic carbocycles. The van der Waals surface area contributed by atoms with Crippen LogP contribution >= 0.6 is 11.8 Å². The van der Waals surface area contributed by atoms with Gasteiger partial charge in [-0.1, -0.05) is 12.1 Å². The number of hydrogen-bond donors (Lipinski definition) is 1. The first-order chi connectivity index (χ1) is 8.22. The number of rotatable bonds is 5. The van der Waals surface area contributed by atoms with Crippen LogP contribution in [0, 0.1) is 0 Å². The molecule has 0 radical (unpaired) electrons. The van der Waals surface area contributed by atoms with Crippen molar-refractivity contribution in [2.45, 2.75) is 25.9 Å². The molecule has 0 amide bonds. The van der Waals surface area contributed by atoms with Gasteiger partial charge in [-0.15, -0.1) is 0 Å². The third-order valence-electron chi connectivity index (χ3n) is 2.98. The highest BCUT2D eigenvalue weighted by molar-refractivity contribution is 7.98. The van der Waals surface area contributed by atoms with Crippen LogP contribution in [0.1, 0.15) is 12.5 Å². The minimum Gasteiger partial charge on any atom is -0.347 e. The van der Waals surface area contributed by atoms with E-state index in [2.05, 4.69) is 48.2 Å². The Balaban J connectivity index is 2.35. The van der Waals surface area contributed by atoms with Crippen LogP contribution < -0.4 is 5.73 Å². The minimum atomic E-state index is 0.218. The quantitative estimate of drug-likeness (QED) is 0.882. The van der Waals surface area contributed by atoms with Gasteiger partial charge in [-0.3, -0.25) is 0 Å². The van der Waals surface area contributed by atoms with Crippen molar-refractivity contribution in [2.24, 2.45) is 5.73 Å². The molecule has 0 fully saturated rings. The molecule has 0 bridgehead atoms. The Kier molecular flexibility index (Phi) is 4.13. The average Bonchev–Trinajstić information content (AvgIpc) is 2.70. The minimum absolute atomic E-state index is 0.218. The zero-order valence-electron chi connectivity index (χ0n) is 10.5. The number of nitrogens with zero attached hydrogens (tertiary/aromatic N) is 1. The highest BCUT2D eigenvalue weighted by Crippen LogP contribution is 2.21. The summed E-state index contributed by atoms with van der Waals surface area (Å²) < 4.78 is 2.33. The third kappa shape index (κ3) is 2.85. The number of aromatic nitrogens is 1. The molecule has 0 saturated heterocycles. The Bertz CT molecular complexity index is 488. The first-order valence-corrected chi connectivity index (χ1v) is 7.43. The van der Waals surface area contributed by atoms with Gasteiger partial charge in [-0.2, -0.15) is 11.8 Å².